The molecule has 17 heavy (non-hydrogen) atoms. The van der Waals surface area contributed by atoms with Gasteiger partial charge < -0.3 is 10.7 Å². The predicted octanol–water partition coefficient (Wildman–Crippen LogP) is 0.736. The summed E-state index contributed by atoms with van der Waals surface area (Å²) in [5, 5.41) is 4.14. The van der Waals surface area contributed by atoms with Crippen molar-refractivity contribution in [2.45, 2.75) is 0 Å². The van der Waals surface area contributed by atoms with Crippen LogP contribution in [-0.2, 0) is 0 Å². The van der Waals surface area contributed by atoms with Crippen LogP contribution in [0.5, 0.6) is 0 Å². The van der Waals surface area contributed by atoms with E-state index in [1.165, 1.54) is 6.33 Å². The Morgan fingerprint density at radius 3 is 3.18 bits per heavy atom. The predicted molar refractivity (Wildman–Crippen MR) is 62.4 cm³/mol. The van der Waals surface area contributed by atoms with Crippen molar-refractivity contribution in [3.05, 3.63) is 24.7 Å². The normalized spacial score (nSPS) is 11.8. The number of nitrogens with one attached hydrogen (secondary N) is 1. The zero-order valence-electron chi connectivity index (χ0n) is 8.62. The first kappa shape index (κ1) is 8.45. The average Bonchev–Trinajstić information content (AvgIpc) is 2.89. The molecule has 0 aliphatic heterocycles. The Labute approximate surface area is 94.3 Å². The topological polar surface area (TPSA) is 97.8 Å². The molecule has 0 bridgehead atoms. The number of pyridine rings is 2. The van der Waals surface area contributed by atoms with Crippen molar-refractivity contribution in [2.75, 3.05) is 5.73 Å². The monoisotopic (exact) mass is 225 g/mol. The van der Waals surface area contributed by atoms with Gasteiger partial charge in [0.1, 0.15) is 17.4 Å². The number of H-pyrrole nitrogens is 1. The largest absolute Gasteiger partial charge is 0.382 e. The van der Waals surface area contributed by atoms with Gasteiger partial charge >= 0.3 is 0 Å². The summed E-state index contributed by atoms with van der Waals surface area (Å²) in [4.78, 5) is 15.8. The Kier molecular flexibility index (Phi) is 1.34. The fourth-order valence-corrected chi connectivity index (χ4v) is 2.02. The van der Waals surface area contributed by atoms with Crippen LogP contribution in [0.25, 0.3) is 27.8 Å². The standard InChI is InChI=1S/C10H7N7/c11-9-7-8(17-10(16-7)13-4-14-17)6-5(15-9)2-1-3-12-6/h1-4,12H,(H2,11,15). The lowest BCUT2D eigenvalue weighted by Crippen LogP contribution is -1.95. The summed E-state index contributed by atoms with van der Waals surface area (Å²) in [5.41, 5.74) is 8.95. The number of anilines is 1. The Morgan fingerprint density at radius 2 is 2.24 bits per heavy atom. The number of aromatic nitrogens is 6. The lowest BCUT2D eigenvalue weighted by molar-refractivity contribution is 1.01. The minimum Gasteiger partial charge on any atom is -0.382 e. The number of imidazole rings is 1. The van der Waals surface area contributed by atoms with Crippen molar-refractivity contribution in [1.82, 2.24) is 29.5 Å². The van der Waals surface area contributed by atoms with Crippen LogP contribution in [0.3, 0.4) is 0 Å². The summed E-state index contributed by atoms with van der Waals surface area (Å²) >= 11 is 0. The van der Waals surface area contributed by atoms with E-state index in [0.29, 0.717) is 17.1 Å². The molecule has 4 heterocycles. The summed E-state index contributed by atoms with van der Waals surface area (Å²) in [6.45, 7) is 0. The van der Waals surface area contributed by atoms with Gasteiger partial charge in [0.05, 0.1) is 11.0 Å². The molecule has 0 spiro atoms. The molecule has 7 nitrogen and oxygen atoms in total. The Bertz CT molecular complexity index is 857. The summed E-state index contributed by atoms with van der Waals surface area (Å²) < 4.78 is 1.66. The van der Waals surface area contributed by atoms with Crippen LogP contribution in [0.15, 0.2) is 24.7 Å². The van der Waals surface area contributed by atoms with E-state index in [1.807, 2.05) is 18.3 Å². The van der Waals surface area contributed by atoms with Crippen molar-refractivity contribution in [3.8, 4) is 0 Å². The van der Waals surface area contributed by atoms with Crippen LogP contribution in [-0.4, -0.2) is 29.5 Å². The molecule has 0 unspecified atom stereocenters. The number of nitrogen functional groups attached to an aromatic ring is 1. The molecule has 0 aliphatic carbocycles. The highest BCUT2D eigenvalue weighted by atomic mass is 15.3. The molecule has 4 rings (SSSR count). The van der Waals surface area contributed by atoms with E-state index >= 15 is 0 Å². The highest BCUT2D eigenvalue weighted by Crippen LogP contribution is 2.25. The number of hydrogen-bond acceptors (Lipinski definition) is 5. The van der Waals surface area contributed by atoms with E-state index in [1.54, 1.807) is 4.52 Å². The third-order valence-corrected chi connectivity index (χ3v) is 2.73. The molecule has 82 valence electrons. The molecular weight excluding hydrogens is 218 g/mol. The van der Waals surface area contributed by atoms with E-state index in [2.05, 4.69) is 25.0 Å². The van der Waals surface area contributed by atoms with E-state index in [0.717, 1.165) is 16.6 Å². The number of nitrogens with zero attached hydrogens (tertiary/aromatic N) is 5. The Hall–Kier alpha value is -2.70. The van der Waals surface area contributed by atoms with E-state index in [9.17, 15) is 0 Å². The second-order valence-corrected chi connectivity index (χ2v) is 3.71. The number of aromatic amines is 1. The SMILES string of the molecule is Nc1nc2ccc[nH]c2c2c1nc1ncnn12. The van der Waals surface area contributed by atoms with Gasteiger partial charge in [0, 0.05) is 6.20 Å². The van der Waals surface area contributed by atoms with Gasteiger partial charge in [-0.15, -0.1) is 0 Å². The van der Waals surface area contributed by atoms with Gasteiger partial charge in [0.15, 0.2) is 5.82 Å². The van der Waals surface area contributed by atoms with Crippen LogP contribution >= 0.6 is 0 Å². The quantitative estimate of drug-likeness (QED) is 0.460. The fourth-order valence-electron chi connectivity index (χ4n) is 2.02. The van der Waals surface area contributed by atoms with E-state index in [-0.39, 0.29) is 0 Å². The molecule has 0 saturated heterocycles. The molecule has 4 aromatic rings. The van der Waals surface area contributed by atoms with Gasteiger partial charge in [0.25, 0.3) is 5.78 Å². The first-order chi connectivity index (χ1) is 8.34. The molecule has 0 radical (unpaired) electrons. The van der Waals surface area contributed by atoms with Gasteiger partial charge in [0.2, 0.25) is 0 Å². The van der Waals surface area contributed by atoms with Crippen molar-refractivity contribution in [1.29, 1.82) is 0 Å². The van der Waals surface area contributed by atoms with Crippen molar-refractivity contribution >= 4 is 33.7 Å². The maximum absolute atomic E-state index is 5.89. The molecule has 4 aromatic heterocycles. The number of rotatable bonds is 0. The lowest BCUT2D eigenvalue weighted by atomic mass is 10.3. The van der Waals surface area contributed by atoms with Gasteiger partial charge in [-0.3, -0.25) is 0 Å². The highest BCUT2D eigenvalue weighted by molar-refractivity contribution is 6.05. The van der Waals surface area contributed by atoms with Crippen LogP contribution in [0.4, 0.5) is 5.82 Å². The zero-order chi connectivity index (χ0) is 11.4. The number of nitrogens with two attached hydrogens (primary N) is 1. The smallest absolute Gasteiger partial charge is 0.253 e. The second-order valence-electron chi connectivity index (χ2n) is 3.71. The molecule has 0 amide bonds. The summed E-state index contributed by atoms with van der Waals surface area (Å²) in [6, 6.07) is 3.76. The molecule has 0 aromatic carbocycles. The van der Waals surface area contributed by atoms with Crippen LogP contribution < -0.4 is 5.73 Å². The first-order valence-electron chi connectivity index (χ1n) is 5.06. The molecule has 7 heteroatoms. The van der Waals surface area contributed by atoms with Gasteiger partial charge in [-0.2, -0.15) is 14.6 Å². The second kappa shape index (κ2) is 2.70. The fraction of sp³-hybridized carbons (Fsp3) is 0. The number of fused-ring (bicyclic) bond motifs is 5. The molecule has 0 aliphatic rings. The minimum absolute atomic E-state index is 0.388. The zero-order valence-corrected chi connectivity index (χ0v) is 8.62. The number of hydrogen-bond donors (Lipinski definition) is 2. The molecule has 0 atom stereocenters. The Balaban J connectivity index is 2.43. The molecule has 0 fully saturated rings. The molecule has 0 saturated carbocycles. The van der Waals surface area contributed by atoms with Crippen molar-refractivity contribution in [3.63, 3.8) is 0 Å². The van der Waals surface area contributed by atoms with E-state index in [4.69, 9.17) is 5.73 Å². The van der Waals surface area contributed by atoms with E-state index < -0.39 is 0 Å². The first-order valence-corrected chi connectivity index (χ1v) is 5.06. The van der Waals surface area contributed by atoms with Gasteiger partial charge in [-0.05, 0) is 12.1 Å². The van der Waals surface area contributed by atoms with Crippen molar-refractivity contribution in [2.24, 2.45) is 0 Å². The van der Waals surface area contributed by atoms with Gasteiger partial charge in [-0.1, -0.05) is 0 Å². The lowest BCUT2D eigenvalue weighted by Gasteiger charge is -2.01. The van der Waals surface area contributed by atoms with Crippen LogP contribution in [0.1, 0.15) is 0 Å². The van der Waals surface area contributed by atoms with Gasteiger partial charge in [-0.25, -0.2) is 9.97 Å². The van der Waals surface area contributed by atoms with Crippen LogP contribution in [0, 0.1) is 0 Å². The summed E-state index contributed by atoms with van der Waals surface area (Å²) in [7, 11) is 0. The molecule has 3 N–H and O–H groups in total. The highest BCUT2D eigenvalue weighted by Gasteiger charge is 2.14. The third kappa shape index (κ3) is 0.949. The summed E-state index contributed by atoms with van der Waals surface area (Å²) in [6.07, 6.45) is 3.29. The van der Waals surface area contributed by atoms with Crippen LogP contribution in [0.2, 0.25) is 0 Å². The van der Waals surface area contributed by atoms with Crippen molar-refractivity contribution < 1.29 is 0 Å². The Morgan fingerprint density at radius 1 is 1.29 bits per heavy atom. The maximum atomic E-state index is 5.89. The minimum atomic E-state index is 0.388. The molecular formula is C10H7N7. The average molecular weight is 225 g/mol. The summed E-state index contributed by atoms with van der Waals surface area (Å²) in [5.74, 6) is 0.914. The third-order valence-electron chi connectivity index (χ3n) is 2.73. The maximum Gasteiger partial charge on any atom is 0.253 e.